The van der Waals surface area contributed by atoms with E-state index in [1.807, 2.05) is 31.2 Å². The van der Waals surface area contributed by atoms with Crippen molar-refractivity contribution in [1.29, 1.82) is 0 Å². The number of carbonyl (C=O) groups is 2. The van der Waals surface area contributed by atoms with E-state index in [9.17, 15) is 9.59 Å². The number of pyridine rings is 1. The summed E-state index contributed by atoms with van der Waals surface area (Å²) in [5.74, 6) is -0.229. The van der Waals surface area contributed by atoms with E-state index in [1.165, 1.54) is 4.68 Å². The van der Waals surface area contributed by atoms with Gasteiger partial charge in [-0.2, -0.15) is 10.2 Å². The highest BCUT2D eigenvalue weighted by Crippen LogP contribution is 2.26. The Morgan fingerprint density at radius 1 is 1.06 bits per heavy atom. The highest BCUT2D eigenvalue weighted by atomic mass is 16.5. The third-order valence-electron chi connectivity index (χ3n) is 4.71. The van der Waals surface area contributed by atoms with Crippen LogP contribution in [0.5, 0.6) is 0 Å². The predicted octanol–water partition coefficient (Wildman–Crippen LogP) is 3.41. The summed E-state index contributed by atoms with van der Waals surface area (Å²) in [5.41, 5.74) is 3.37. The minimum Gasteiger partial charge on any atom is -0.461 e. The standard InChI is InChI=1S/C23H22N6O3/c1-4-32-23(31)18-14-19(29(27-18)21-10-5-6-11-24-21)16-8-7-9-17(13-16)25-22(30)20-12-15(2)26-28(20)3/h5-14H,4H2,1-3H3,(H,25,30). The van der Waals surface area contributed by atoms with Crippen LogP contribution in [-0.2, 0) is 11.8 Å². The largest absolute Gasteiger partial charge is 0.461 e. The van der Waals surface area contributed by atoms with Gasteiger partial charge in [0, 0.05) is 24.5 Å². The Balaban J connectivity index is 1.71. The van der Waals surface area contributed by atoms with Crippen LogP contribution in [0.3, 0.4) is 0 Å². The van der Waals surface area contributed by atoms with Crippen LogP contribution in [0.4, 0.5) is 5.69 Å². The quantitative estimate of drug-likeness (QED) is 0.470. The van der Waals surface area contributed by atoms with E-state index in [2.05, 4.69) is 20.5 Å². The number of esters is 1. The van der Waals surface area contributed by atoms with Crippen molar-refractivity contribution in [3.8, 4) is 17.1 Å². The number of benzene rings is 1. The number of carbonyl (C=O) groups excluding carboxylic acids is 2. The molecule has 0 spiro atoms. The molecule has 162 valence electrons. The third kappa shape index (κ3) is 4.27. The van der Waals surface area contributed by atoms with Gasteiger partial charge in [0.1, 0.15) is 5.69 Å². The predicted molar refractivity (Wildman–Crippen MR) is 119 cm³/mol. The molecule has 1 aromatic carbocycles. The summed E-state index contributed by atoms with van der Waals surface area (Å²) < 4.78 is 8.23. The lowest BCUT2D eigenvalue weighted by molar-refractivity contribution is 0.0518. The summed E-state index contributed by atoms with van der Waals surface area (Å²) >= 11 is 0. The molecular weight excluding hydrogens is 408 g/mol. The third-order valence-corrected chi connectivity index (χ3v) is 4.71. The highest BCUT2D eigenvalue weighted by molar-refractivity contribution is 6.03. The van der Waals surface area contributed by atoms with Gasteiger partial charge in [0.15, 0.2) is 11.5 Å². The molecule has 0 saturated heterocycles. The minimum atomic E-state index is -0.514. The first-order chi connectivity index (χ1) is 15.5. The van der Waals surface area contributed by atoms with Crippen LogP contribution in [0.25, 0.3) is 17.1 Å². The molecule has 4 aromatic rings. The molecular formula is C23H22N6O3. The number of hydrogen-bond donors (Lipinski definition) is 1. The van der Waals surface area contributed by atoms with Gasteiger partial charge in [0.2, 0.25) is 0 Å². The Labute approximate surface area is 184 Å². The summed E-state index contributed by atoms with van der Waals surface area (Å²) in [4.78, 5) is 29.3. The van der Waals surface area contributed by atoms with E-state index in [0.29, 0.717) is 22.9 Å². The Hall–Kier alpha value is -4.27. The van der Waals surface area contributed by atoms with Gasteiger partial charge in [-0.3, -0.25) is 9.48 Å². The van der Waals surface area contributed by atoms with Crippen LogP contribution in [0, 0.1) is 6.92 Å². The van der Waals surface area contributed by atoms with Gasteiger partial charge in [-0.05, 0) is 50.2 Å². The molecule has 32 heavy (non-hydrogen) atoms. The van der Waals surface area contributed by atoms with Crippen molar-refractivity contribution in [2.24, 2.45) is 7.05 Å². The maximum atomic E-state index is 12.7. The molecule has 0 unspecified atom stereocenters. The Morgan fingerprint density at radius 3 is 2.59 bits per heavy atom. The van der Waals surface area contributed by atoms with Gasteiger partial charge < -0.3 is 10.1 Å². The minimum absolute atomic E-state index is 0.173. The molecule has 1 amide bonds. The van der Waals surface area contributed by atoms with Crippen molar-refractivity contribution in [2.45, 2.75) is 13.8 Å². The first-order valence-electron chi connectivity index (χ1n) is 10.1. The number of anilines is 1. The van der Waals surface area contributed by atoms with E-state index in [1.54, 1.807) is 55.2 Å². The number of hydrogen-bond acceptors (Lipinski definition) is 6. The number of aryl methyl sites for hydroxylation is 2. The van der Waals surface area contributed by atoms with Crippen LogP contribution in [0.1, 0.15) is 33.6 Å². The zero-order valence-corrected chi connectivity index (χ0v) is 17.9. The normalized spacial score (nSPS) is 10.7. The average molecular weight is 430 g/mol. The smallest absolute Gasteiger partial charge is 0.358 e. The second-order valence-electron chi connectivity index (χ2n) is 7.06. The molecule has 1 N–H and O–H groups in total. The number of aromatic nitrogens is 5. The maximum absolute atomic E-state index is 12.7. The first kappa shape index (κ1) is 21.0. The first-order valence-corrected chi connectivity index (χ1v) is 10.1. The number of amides is 1. The lowest BCUT2D eigenvalue weighted by atomic mass is 10.1. The van der Waals surface area contributed by atoms with E-state index in [0.717, 1.165) is 11.3 Å². The van der Waals surface area contributed by atoms with Crippen molar-refractivity contribution in [2.75, 3.05) is 11.9 Å². The Morgan fingerprint density at radius 2 is 1.91 bits per heavy atom. The van der Waals surface area contributed by atoms with Crippen molar-refractivity contribution >= 4 is 17.6 Å². The number of rotatable bonds is 6. The molecule has 0 atom stereocenters. The average Bonchev–Trinajstić information content (AvgIpc) is 3.38. The number of ether oxygens (including phenoxy) is 1. The molecule has 0 aliphatic carbocycles. The van der Waals surface area contributed by atoms with Crippen LogP contribution >= 0.6 is 0 Å². The Kier molecular flexibility index (Phi) is 5.80. The van der Waals surface area contributed by atoms with Crippen molar-refractivity contribution < 1.29 is 14.3 Å². The van der Waals surface area contributed by atoms with E-state index in [4.69, 9.17) is 4.74 Å². The van der Waals surface area contributed by atoms with Crippen LogP contribution in [0.15, 0.2) is 60.8 Å². The lowest BCUT2D eigenvalue weighted by Gasteiger charge is -2.09. The van der Waals surface area contributed by atoms with Crippen LogP contribution < -0.4 is 5.32 Å². The molecule has 0 bridgehead atoms. The molecule has 0 aliphatic heterocycles. The fourth-order valence-corrected chi connectivity index (χ4v) is 3.32. The summed E-state index contributed by atoms with van der Waals surface area (Å²) in [6.07, 6.45) is 1.65. The maximum Gasteiger partial charge on any atom is 0.358 e. The second kappa shape index (κ2) is 8.84. The molecule has 9 heteroatoms. The number of nitrogens with zero attached hydrogens (tertiary/aromatic N) is 5. The Bertz CT molecular complexity index is 1280. The van der Waals surface area contributed by atoms with Gasteiger partial charge in [0.05, 0.1) is 18.0 Å². The molecule has 0 saturated carbocycles. The fraction of sp³-hybridized carbons (Fsp3) is 0.174. The van der Waals surface area contributed by atoms with E-state index in [-0.39, 0.29) is 18.2 Å². The summed E-state index contributed by atoms with van der Waals surface area (Å²) in [5, 5.41) is 11.5. The van der Waals surface area contributed by atoms with Crippen molar-refractivity contribution in [3.05, 3.63) is 77.9 Å². The summed E-state index contributed by atoms with van der Waals surface area (Å²) in [6, 6.07) is 16.1. The molecule has 0 radical (unpaired) electrons. The van der Waals surface area contributed by atoms with Gasteiger partial charge in [-0.25, -0.2) is 14.5 Å². The van der Waals surface area contributed by atoms with Gasteiger partial charge in [0.25, 0.3) is 5.91 Å². The van der Waals surface area contributed by atoms with Crippen molar-refractivity contribution in [1.82, 2.24) is 24.5 Å². The van der Waals surface area contributed by atoms with E-state index < -0.39 is 5.97 Å². The monoisotopic (exact) mass is 430 g/mol. The fourth-order valence-electron chi connectivity index (χ4n) is 3.32. The summed E-state index contributed by atoms with van der Waals surface area (Å²) in [7, 11) is 1.72. The second-order valence-corrected chi connectivity index (χ2v) is 7.06. The topological polar surface area (TPSA) is 104 Å². The van der Waals surface area contributed by atoms with Crippen LogP contribution in [-0.4, -0.2) is 43.0 Å². The van der Waals surface area contributed by atoms with Crippen molar-refractivity contribution in [3.63, 3.8) is 0 Å². The number of nitrogens with one attached hydrogen (secondary N) is 1. The molecule has 3 aromatic heterocycles. The summed E-state index contributed by atoms with van der Waals surface area (Å²) in [6.45, 7) is 3.82. The molecule has 4 rings (SSSR count). The zero-order valence-electron chi connectivity index (χ0n) is 17.9. The van der Waals surface area contributed by atoms with Gasteiger partial charge in [-0.1, -0.05) is 18.2 Å². The molecule has 0 aliphatic rings. The highest BCUT2D eigenvalue weighted by Gasteiger charge is 2.19. The molecule has 3 heterocycles. The lowest BCUT2D eigenvalue weighted by Crippen LogP contribution is -2.16. The zero-order chi connectivity index (χ0) is 22.7. The van der Waals surface area contributed by atoms with Gasteiger partial charge >= 0.3 is 5.97 Å². The van der Waals surface area contributed by atoms with E-state index >= 15 is 0 Å². The molecule has 9 nitrogen and oxygen atoms in total. The van der Waals surface area contributed by atoms with Gasteiger partial charge in [-0.15, -0.1) is 0 Å². The molecule has 0 fully saturated rings. The van der Waals surface area contributed by atoms with Crippen LogP contribution in [0.2, 0.25) is 0 Å². The SMILES string of the molecule is CCOC(=O)c1cc(-c2cccc(NC(=O)c3cc(C)nn3C)c2)n(-c2ccccn2)n1.